The van der Waals surface area contributed by atoms with Crippen LogP contribution in [0.15, 0.2) is 72.8 Å². The maximum atomic E-state index is 6.07. The fourth-order valence-electron chi connectivity index (χ4n) is 4.28. The molecule has 1 atom stereocenters. The summed E-state index contributed by atoms with van der Waals surface area (Å²) >= 11 is 0. The summed E-state index contributed by atoms with van der Waals surface area (Å²) in [5.74, 6) is 2.59. The molecular formula is C30H38N2O5. The molecule has 1 heterocycles. The highest BCUT2D eigenvalue weighted by molar-refractivity contribution is 5.50. The van der Waals surface area contributed by atoms with E-state index in [1.807, 2.05) is 60.7 Å². The first-order chi connectivity index (χ1) is 18.2. The van der Waals surface area contributed by atoms with E-state index in [1.165, 1.54) is 5.69 Å². The Bertz CT molecular complexity index is 1040. The number of nitrogens with zero attached hydrogens (tertiary/aromatic N) is 1. The van der Waals surface area contributed by atoms with Crippen LogP contribution in [0.1, 0.15) is 17.5 Å². The van der Waals surface area contributed by atoms with Gasteiger partial charge in [-0.1, -0.05) is 24.3 Å². The zero-order chi connectivity index (χ0) is 25.7. The minimum atomic E-state index is 0.279. The third-order valence-corrected chi connectivity index (χ3v) is 6.39. The number of ether oxygens (including phenoxy) is 5. The fraction of sp³-hybridized carbons (Fsp3) is 0.400. The lowest BCUT2D eigenvalue weighted by Crippen LogP contribution is -2.53. The average Bonchev–Trinajstić information content (AvgIpc) is 2.96. The number of anilines is 1. The molecular weight excluding hydrogens is 468 g/mol. The van der Waals surface area contributed by atoms with Crippen LogP contribution in [0.4, 0.5) is 5.69 Å². The third-order valence-electron chi connectivity index (χ3n) is 6.39. The van der Waals surface area contributed by atoms with Gasteiger partial charge in [0, 0.05) is 31.7 Å². The van der Waals surface area contributed by atoms with Crippen molar-refractivity contribution in [2.24, 2.45) is 0 Å². The molecule has 1 aliphatic rings. The molecule has 7 heteroatoms. The first-order valence-electron chi connectivity index (χ1n) is 12.9. The average molecular weight is 507 g/mol. The number of piperazine rings is 1. The van der Waals surface area contributed by atoms with E-state index in [0.717, 1.165) is 54.4 Å². The Kier molecular flexibility index (Phi) is 10.5. The molecule has 0 saturated carbocycles. The molecule has 0 bridgehead atoms. The van der Waals surface area contributed by atoms with E-state index in [0.29, 0.717) is 33.0 Å². The van der Waals surface area contributed by atoms with Gasteiger partial charge in [-0.15, -0.1) is 0 Å². The van der Waals surface area contributed by atoms with Crippen molar-refractivity contribution in [3.05, 3.63) is 83.9 Å². The Hall–Kier alpha value is -3.26. The molecule has 4 rings (SSSR count). The Morgan fingerprint density at radius 2 is 1.32 bits per heavy atom. The van der Waals surface area contributed by atoms with Gasteiger partial charge in [-0.05, 0) is 59.7 Å². The quantitative estimate of drug-likeness (QED) is 0.319. The lowest BCUT2D eigenvalue weighted by molar-refractivity contribution is 0.102. The molecule has 0 aromatic heterocycles. The van der Waals surface area contributed by atoms with Gasteiger partial charge in [0.05, 0.1) is 53.3 Å². The molecule has 1 fully saturated rings. The van der Waals surface area contributed by atoms with E-state index in [9.17, 15) is 0 Å². The van der Waals surface area contributed by atoms with Crippen LogP contribution >= 0.6 is 0 Å². The van der Waals surface area contributed by atoms with Gasteiger partial charge in [0.1, 0.15) is 17.2 Å². The van der Waals surface area contributed by atoms with Crippen LogP contribution in [0, 0.1) is 0 Å². The number of hydrogen-bond acceptors (Lipinski definition) is 7. The van der Waals surface area contributed by atoms with Crippen LogP contribution in [-0.4, -0.2) is 59.7 Å². The minimum Gasteiger partial charge on any atom is -0.497 e. The molecule has 1 aliphatic heterocycles. The van der Waals surface area contributed by atoms with Crippen LogP contribution in [0.3, 0.4) is 0 Å². The number of nitrogens with one attached hydrogen (secondary N) is 1. The SMILES string of the molecule is COc1ccc(COCCCOc2ccc(N3CCNC[C@@H]3COCc3ccc(OC)cc3)cc2)cc1. The summed E-state index contributed by atoms with van der Waals surface area (Å²) in [5.41, 5.74) is 3.47. The summed E-state index contributed by atoms with van der Waals surface area (Å²) in [4.78, 5) is 2.42. The van der Waals surface area contributed by atoms with Crippen LogP contribution in [-0.2, 0) is 22.7 Å². The molecule has 1 N–H and O–H groups in total. The molecule has 198 valence electrons. The van der Waals surface area contributed by atoms with Gasteiger partial charge in [0.25, 0.3) is 0 Å². The highest BCUT2D eigenvalue weighted by Gasteiger charge is 2.22. The van der Waals surface area contributed by atoms with Crippen molar-refractivity contribution >= 4 is 5.69 Å². The first-order valence-corrected chi connectivity index (χ1v) is 12.9. The Morgan fingerprint density at radius 1 is 0.730 bits per heavy atom. The molecule has 0 amide bonds. The Labute approximate surface area is 220 Å². The summed E-state index contributed by atoms with van der Waals surface area (Å²) in [5, 5.41) is 3.49. The van der Waals surface area contributed by atoms with Crippen molar-refractivity contribution in [2.45, 2.75) is 25.7 Å². The third kappa shape index (κ3) is 8.39. The molecule has 0 radical (unpaired) electrons. The molecule has 37 heavy (non-hydrogen) atoms. The summed E-state index contributed by atoms with van der Waals surface area (Å²) in [6.45, 7) is 5.93. The van der Waals surface area contributed by atoms with Crippen molar-refractivity contribution < 1.29 is 23.7 Å². The standard InChI is InChI=1S/C30H38N2O5/c1-33-28-10-4-24(5-11-28)21-35-18-3-19-37-30-14-8-26(9-15-30)32-17-16-31-20-27(32)23-36-22-25-6-12-29(34-2)13-7-25/h4-15,27,31H,3,16-23H2,1-2H3/t27-/m1/s1. The normalized spacial score (nSPS) is 15.4. The topological polar surface area (TPSA) is 61.4 Å². The Balaban J connectivity index is 1.16. The second kappa shape index (κ2) is 14.5. The number of hydrogen-bond donors (Lipinski definition) is 1. The van der Waals surface area contributed by atoms with Gasteiger partial charge in [-0.25, -0.2) is 0 Å². The highest BCUT2D eigenvalue weighted by Crippen LogP contribution is 2.23. The van der Waals surface area contributed by atoms with Crippen molar-refractivity contribution in [2.75, 3.05) is 58.6 Å². The summed E-state index contributed by atoms with van der Waals surface area (Å²) in [6, 6.07) is 24.6. The zero-order valence-corrected chi connectivity index (χ0v) is 21.9. The monoisotopic (exact) mass is 506 g/mol. The number of benzene rings is 3. The second-order valence-corrected chi connectivity index (χ2v) is 9.01. The molecule has 0 unspecified atom stereocenters. The first kappa shape index (κ1) is 26.8. The van der Waals surface area contributed by atoms with Crippen molar-refractivity contribution in [1.29, 1.82) is 0 Å². The van der Waals surface area contributed by atoms with Crippen LogP contribution in [0.25, 0.3) is 0 Å². The summed E-state index contributed by atoms with van der Waals surface area (Å²) < 4.78 is 28.2. The van der Waals surface area contributed by atoms with Crippen molar-refractivity contribution in [3.63, 3.8) is 0 Å². The maximum Gasteiger partial charge on any atom is 0.119 e. The fourth-order valence-corrected chi connectivity index (χ4v) is 4.28. The molecule has 7 nitrogen and oxygen atoms in total. The largest absolute Gasteiger partial charge is 0.497 e. The lowest BCUT2D eigenvalue weighted by Gasteiger charge is -2.38. The van der Waals surface area contributed by atoms with Gasteiger partial charge < -0.3 is 33.9 Å². The second-order valence-electron chi connectivity index (χ2n) is 9.01. The number of methoxy groups -OCH3 is 2. The van der Waals surface area contributed by atoms with Crippen molar-refractivity contribution in [1.82, 2.24) is 5.32 Å². The zero-order valence-electron chi connectivity index (χ0n) is 21.9. The molecule has 0 aliphatic carbocycles. The predicted molar refractivity (Wildman–Crippen MR) is 146 cm³/mol. The van der Waals surface area contributed by atoms with E-state index >= 15 is 0 Å². The summed E-state index contributed by atoms with van der Waals surface area (Å²) in [6.07, 6.45) is 0.837. The van der Waals surface area contributed by atoms with E-state index in [-0.39, 0.29) is 6.04 Å². The van der Waals surface area contributed by atoms with E-state index in [1.54, 1.807) is 14.2 Å². The van der Waals surface area contributed by atoms with Gasteiger partial charge in [-0.3, -0.25) is 0 Å². The van der Waals surface area contributed by atoms with Gasteiger partial charge >= 0.3 is 0 Å². The van der Waals surface area contributed by atoms with Gasteiger partial charge in [0.2, 0.25) is 0 Å². The smallest absolute Gasteiger partial charge is 0.119 e. The van der Waals surface area contributed by atoms with E-state index in [2.05, 4.69) is 22.3 Å². The molecule has 0 spiro atoms. The summed E-state index contributed by atoms with van der Waals surface area (Å²) in [7, 11) is 3.35. The maximum absolute atomic E-state index is 6.07. The van der Waals surface area contributed by atoms with Gasteiger partial charge in [0.15, 0.2) is 0 Å². The Morgan fingerprint density at radius 3 is 1.95 bits per heavy atom. The molecule has 1 saturated heterocycles. The minimum absolute atomic E-state index is 0.279. The molecule has 3 aromatic rings. The van der Waals surface area contributed by atoms with Gasteiger partial charge in [-0.2, -0.15) is 0 Å². The van der Waals surface area contributed by atoms with Crippen LogP contribution < -0.4 is 24.4 Å². The van der Waals surface area contributed by atoms with Crippen LogP contribution in [0.5, 0.6) is 17.2 Å². The van der Waals surface area contributed by atoms with E-state index < -0.39 is 0 Å². The van der Waals surface area contributed by atoms with Crippen LogP contribution in [0.2, 0.25) is 0 Å². The number of rotatable bonds is 14. The highest BCUT2D eigenvalue weighted by atomic mass is 16.5. The lowest BCUT2D eigenvalue weighted by atomic mass is 10.1. The predicted octanol–water partition coefficient (Wildman–Crippen LogP) is 4.68. The molecule has 3 aromatic carbocycles. The van der Waals surface area contributed by atoms with Crippen molar-refractivity contribution in [3.8, 4) is 17.2 Å². The van der Waals surface area contributed by atoms with E-state index in [4.69, 9.17) is 23.7 Å².